The Bertz CT molecular complexity index is 3900. The number of aromatic nitrogens is 4. The van der Waals surface area contributed by atoms with Crippen molar-refractivity contribution in [2.24, 2.45) is 0 Å². The number of rotatable bonds is 5. The molecule has 284 valence electrons. The molecule has 4 heterocycles. The highest BCUT2D eigenvalue weighted by atomic mass is 32.1. The van der Waals surface area contributed by atoms with Crippen LogP contribution >= 0.6 is 11.3 Å². The fourth-order valence-corrected chi connectivity index (χ4v) is 10.5. The van der Waals surface area contributed by atoms with Crippen LogP contribution in [0.2, 0.25) is 0 Å². The molecule has 0 aliphatic carbocycles. The highest BCUT2D eigenvalue weighted by Gasteiger charge is 2.21. The number of furan rings is 1. The molecule has 0 saturated carbocycles. The summed E-state index contributed by atoms with van der Waals surface area (Å²) < 4.78 is 11.3. The highest BCUT2D eigenvalue weighted by Crippen LogP contribution is 2.46. The fourth-order valence-electron chi connectivity index (χ4n) is 9.28. The van der Waals surface area contributed by atoms with Gasteiger partial charge in [-0.15, -0.1) is 11.3 Å². The summed E-state index contributed by atoms with van der Waals surface area (Å²) >= 11 is 1.88. The molecule has 0 atom stereocenters. The van der Waals surface area contributed by atoms with E-state index in [-0.39, 0.29) is 0 Å². The lowest BCUT2D eigenvalue weighted by Gasteiger charge is -2.14. The van der Waals surface area contributed by atoms with Gasteiger partial charge < -0.3 is 8.98 Å². The van der Waals surface area contributed by atoms with E-state index in [0.29, 0.717) is 17.5 Å². The maximum Gasteiger partial charge on any atom is 0.164 e. The van der Waals surface area contributed by atoms with Crippen LogP contribution in [0, 0.1) is 0 Å². The molecule has 0 fully saturated rings. The normalized spacial score (nSPS) is 11.9. The number of hydrogen-bond donors (Lipinski definition) is 0. The molecular weight excluding hydrogens is 765 g/mol. The summed E-state index contributed by atoms with van der Waals surface area (Å²) in [6.45, 7) is 0. The molecule has 0 N–H and O–H groups in total. The van der Waals surface area contributed by atoms with E-state index in [1.54, 1.807) is 0 Å². The smallest absolute Gasteiger partial charge is 0.164 e. The Morgan fingerprint density at radius 3 is 1.92 bits per heavy atom. The maximum absolute atomic E-state index is 6.30. The van der Waals surface area contributed by atoms with Crippen molar-refractivity contribution < 1.29 is 4.42 Å². The van der Waals surface area contributed by atoms with Gasteiger partial charge in [0.25, 0.3) is 0 Å². The van der Waals surface area contributed by atoms with Crippen molar-refractivity contribution in [3.05, 3.63) is 194 Å². The van der Waals surface area contributed by atoms with E-state index in [1.165, 1.54) is 52.8 Å². The van der Waals surface area contributed by atoms with Crippen molar-refractivity contribution in [3.63, 3.8) is 0 Å². The summed E-state index contributed by atoms with van der Waals surface area (Å²) in [5.41, 5.74) is 10.1. The lowest BCUT2D eigenvalue weighted by atomic mass is 9.98. The van der Waals surface area contributed by atoms with Gasteiger partial charge in [-0.25, -0.2) is 15.0 Å². The van der Waals surface area contributed by atoms with Crippen molar-refractivity contribution in [3.8, 4) is 51.0 Å². The molecule has 61 heavy (non-hydrogen) atoms. The van der Waals surface area contributed by atoms with E-state index >= 15 is 0 Å². The van der Waals surface area contributed by atoms with Gasteiger partial charge in [0, 0.05) is 75.2 Å². The Morgan fingerprint density at radius 2 is 1.05 bits per heavy atom. The van der Waals surface area contributed by atoms with Crippen LogP contribution in [0.1, 0.15) is 0 Å². The summed E-state index contributed by atoms with van der Waals surface area (Å²) in [6.07, 6.45) is 0. The van der Waals surface area contributed by atoms with Gasteiger partial charge in [-0.1, -0.05) is 152 Å². The Balaban J connectivity index is 1.02. The van der Waals surface area contributed by atoms with Crippen LogP contribution in [0.15, 0.2) is 199 Å². The largest absolute Gasteiger partial charge is 0.456 e. The Morgan fingerprint density at radius 1 is 0.410 bits per heavy atom. The van der Waals surface area contributed by atoms with Gasteiger partial charge in [0.2, 0.25) is 0 Å². The second-order valence-electron chi connectivity index (χ2n) is 15.5. The molecule has 6 heteroatoms. The van der Waals surface area contributed by atoms with E-state index in [9.17, 15) is 0 Å². The van der Waals surface area contributed by atoms with E-state index < -0.39 is 0 Å². The number of benzene rings is 9. The van der Waals surface area contributed by atoms with Gasteiger partial charge in [0.05, 0.1) is 11.0 Å². The van der Waals surface area contributed by atoms with Crippen molar-refractivity contribution in [1.82, 2.24) is 19.5 Å². The number of thiophene rings is 1. The van der Waals surface area contributed by atoms with Gasteiger partial charge in [0.15, 0.2) is 17.5 Å². The van der Waals surface area contributed by atoms with Crippen molar-refractivity contribution in [2.75, 3.05) is 0 Å². The SMILES string of the molecule is c1ccc(-c2nc(-c3cccc(-n4c5ccccc5c5cccc(-c6cccc7c6sc6ccc8ccccc8c67)c54)c3)nc(-c3ccc4c(c3)oc3ccccc34)n2)cc1. The van der Waals surface area contributed by atoms with Crippen LogP contribution < -0.4 is 0 Å². The van der Waals surface area contributed by atoms with Crippen LogP contribution in [0.4, 0.5) is 0 Å². The summed E-state index contributed by atoms with van der Waals surface area (Å²) in [5.74, 6) is 1.79. The van der Waals surface area contributed by atoms with Crippen LogP contribution in [-0.2, 0) is 0 Å². The second-order valence-corrected chi connectivity index (χ2v) is 16.6. The quantitative estimate of drug-likeness (QED) is 0.174. The van der Waals surface area contributed by atoms with Gasteiger partial charge in [-0.3, -0.25) is 0 Å². The third-order valence-electron chi connectivity index (χ3n) is 12.0. The molecule has 13 aromatic rings. The van der Waals surface area contributed by atoms with Crippen molar-refractivity contribution in [1.29, 1.82) is 0 Å². The standard InChI is InChI=1S/C55H32N4OS/c1-2-14-34(15-3-1)53-56-54(58-55(57-53)36-27-29-41-40-20-7-9-26-47(40)60-48(41)32-36)35-16-10-17-37(31-35)59-46-25-8-6-19-39(46)42-21-11-22-43(51(42)59)44-23-12-24-45-50-38-18-5-4-13-33(38)28-30-49(50)61-52(44)45/h1-32H. The third-order valence-corrected chi connectivity index (χ3v) is 13.2. The number of nitrogens with zero attached hydrogens (tertiary/aromatic N) is 4. The summed E-state index contributed by atoms with van der Waals surface area (Å²) in [5, 5.41) is 9.72. The van der Waals surface area contributed by atoms with Crippen LogP contribution in [-0.4, -0.2) is 19.5 Å². The summed E-state index contributed by atoms with van der Waals surface area (Å²) in [6, 6.07) is 68.6. The van der Waals surface area contributed by atoms with E-state index in [1.807, 2.05) is 65.9 Å². The average Bonchev–Trinajstić information content (AvgIpc) is 4.01. The summed E-state index contributed by atoms with van der Waals surface area (Å²) in [4.78, 5) is 15.4. The van der Waals surface area contributed by atoms with Gasteiger partial charge >= 0.3 is 0 Å². The first kappa shape index (κ1) is 34.0. The van der Waals surface area contributed by atoms with Gasteiger partial charge in [0.1, 0.15) is 11.2 Å². The Hall–Kier alpha value is -7.93. The molecule has 0 radical (unpaired) electrons. The molecular formula is C55H32N4OS. The van der Waals surface area contributed by atoms with Gasteiger partial charge in [-0.05, 0) is 53.2 Å². The minimum Gasteiger partial charge on any atom is -0.456 e. The predicted molar refractivity (Wildman–Crippen MR) is 254 cm³/mol. The monoisotopic (exact) mass is 796 g/mol. The van der Waals surface area contributed by atoms with Gasteiger partial charge in [-0.2, -0.15) is 0 Å². The van der Waals surface area contributed by atoms with E-state index in [0.717, 1.165) is 55.3 Å². The number of para-hydroxylation sites is 3. The zero-order valence-electron chi connectivity index (χ0n) is 32.6. The van der Waals surface area contributed by atoms with Crippen LogP contribution in [0.5, 0.6) is 0 Å². The van der Waals surface area contributed by atoms with Crippen LogP contribution in [0.3, 0.4) is 0 Å². The molecule has 5 nitrogen and oxygen atoms in total. The predicted octanol–water partition coefficient (Wildman–Crippen LogP) is 15.1. The third kappa shape index (κ3) is 5.29. The van der Waals surface area contributed by atoms with Crippen molar-refractivity contribution >= 4 is 86.0 Å². The minimum absolute atomic E-state index is 0.583. The molecule has 0 spiro atoms. The zero-order valence-corrected chi connectivity index (χ0v) is 33.4. The Kier molecular flexibility index (Phi) is 7.41. The molecule has 13 rings (SSSR count). The highest BCUT2D eigenvalue weighted by molar-refractivity contribution is 7.26. The molecule has 4 aromatic heterocycles. The second kappa shape index (κ2) is 13.3. The first-order chi connectivity index (χ1) is 30.2. The van der Waals surface area contributed by atoms with E-state index in [4.69, 9.17) is 19.4 Å². The first-order valence-corrected chi connectivity index (χ1v) is 21.2. The zero-order chi connectivity index (χ0) is 40.0. The molecule has 0 saturated heterocycles. The van der Waals surface area contributed by atoms with E-state index in [2.05, 4.69) is 144 Å². The maximum atomic E-state index is 6.30. The fraction of sp³-hybridized carbons (Fsp3) is 0. The molecule has 0 aliphatic rings. The topological polar surface area (TPSA) is 56.7 Å². The Labute approximate surface area is 353 Å². The summed E-state index contributed by atoms with van der Waals surface area (Å²) in [7, 11) is 0. The first-order valence-electron chi connectivity index (χ1n) is 20.4. The molecule has 0 amide bonds. The number of fused-ring (bicyclic) bond motifs is 11. The molecule has 0 unspecified atom stereocenters. The lowest BCUT2D eigenvalue weighted by molar-refractivity contribution is 0.669. The average molecular weight is 797 g/mol. The number of hydrogen-bond acceptors (Lipinski definition) is 5. The molecule has 0 aliphatic heterocycles. The molecule has 9 aromatic carbocycles. The lowest BCUT2D eigenvalue weighted by Crippen LogP contribution is -2.01. The molecule has 0 bridgehead atoms. The minimum atomic E-state index is 0.583. The van der Waals surface area contributed by atoms with Crippen LogP contribution in [0.25, 0.3) is 126 Å². The van der Waals surface area contributed by atoms with Crippen molar-refractivity contribution in [2.45, 2.75) is 0 Å².